The highest BCUT2D eigenvalue weighted by molar-refractivity contribution is 5.67. The Morgan fingerprint density at radius 1 is 1.00 bits per heavy atom. The lowest BCUT2D eigenvalue weighted by atomic mass is 10.1. The molecule has 4 aromatic rings. The number of benzene rings is 2. The smallest absolute Gasteiger partial charge is 0.155 e. The monoisotopic (exact) mass is 334 g/mol. The van der Waals surface area contributed by atoms with Crippen molar-refractivity contribution in [1.82, 2.24) is 14.6 Å². The first-order chi connectivity index (χ1) is 12.2. The molecule has 25 heavy (non-hydrogen) atoms. The van der Waals surface area contributed by atoms with Gasteiger partial charge in [-0.2, -0.15) is 9.61 Å². The summed E-state index contributed by atoms with van der Waals surface area (Å²) >= 11 is 0. The van der Waals surface area contributed by atoms with Gasteiger partial charge in [-0.1, -0.05) is 12.1 Å². The van der Waals surface area contributed by atoms with E-state index in [1.165, 1.54) is 12.1 Å². The molecule has 0 aliphatic heterocycles. The fourth-order valence-corrected chi connectivity index (χ4v) is 2.62. The van der Waals surface area contributed by atoms with Gasteiger partial charge >= 0.3 is 0 Å². The summed E-state index contributed by atoms with van der Waals surface area (Å²) in [6.45, 7) is 0. The standard InChI is InChI=1S/C19H15FN4O/c1-25-17-5-3-2-4-16(17)22-19-12-21-18-11-10-15(23-24(18)19)13-6-8-14(20)9-7-13/h2-12,22H,1H3. The van der Waals surface area contributed by atoms with Crippen LogP contribution in [0.3, 0.4) is 0 Å². The number of fused-ring (bicyclic) bond motifs is 1. The maximum Gasteiger partial charge on any atom is 0.155 e. The van der Waals surface area contributed by atoms with Crippen molar-refractivity contribution in [2.24, 2.45) is 0 Å². The number of hydrogen-bond acceptors (Lipinski definition) is 4. The Balaban J connectivity index is 1.75. The molecular formula is C19H15FN4O. The van der Waals surface area contributed by atoms with E-state index in [0.717, 1.165) is 22.7 Å². The van der Waals surface area contributed by atoms with Crippen molar-refractivity contribution in [2.75, 3.05) is 12.4 Å². The molecule has 1 N–H and O–H groups in total. The normalized spacial score (nSPS) is 10.8. The van der Waals surface area contributed by atoms with E-state index in [2.05, 4.69) is 15.4 Å². The van der Waals surface area contributed by atoms with Crippen LogP contribution in [0.25, 0.3) is 16.9 Å². The molecule has 0 fully saturated rings. The Hall–Kier alpha value is -3.41. The largest absolute Gasteiger partial charge is 0.495 e. The molecule has 4 rings (SSSR count). The van der Waals surface area contributed by atoms with Gasteiger partial charge < -0.3 is 10.1 Å². The molecule has 0 bridgehead atoms. The van der Waals surface area contributed by atoms with Crippen molar-refractivity contribution in [1.29, 1.82) is 0 Å². The summed E-state index contributed by atoms with van der Waals surface area (Å²) < 4.78 is 20.2. The average molecular weight is 334 g/mol. The second-order valence-electron chi connectivity index (χ2n) is 5.46. The number of anilines is 2. The summed E-state index contributed by atoms with van der Waals surface area (Å²) in [6, 6.07) is 17.6. The van der Waals surface area contributed by atoms with Gasteiger partial charge in [0.15, 0.2) is 11.5 Å². The molecule has 0 radical (unpaired) electrons. The van der Waals surface area contributed by atoms with E-state index in [0.29, 0.717) is 11.5 Å². The fraction of sp³-hybridized carbons (Fsp3) is 0.0526. The van der Waals surface area contributed by atoms with Gasteiger partial charge in [-0.3, -0.25) is 0 Å². The van der Waals surface area contributed by atoms with Crippen LogP contribution in [0, 0.1) is 5.82 Å². The first-order valence-electron chi connectivity index (χ1n) is 7.75. The highest BCUT2D eigenvalue weighted by Crippen LogP contribution is 2.27. The van der Waals surface area contributed by atoms with E-state index in [4.69, 9.17) is 4.74 Å². The van der Waals surface area contributed by atoms with Gasteiger partial charge in [0.05, 0.1) is 24.7 Å². The molecule has 0 aliphatic carbocycles. The number of nitrogens with one attached hydrogen (secondary N) is 1. The molecule has 124 valence electrons. The van der Waals surface area contributed by atoms with Crippen LogP contribution in [0.4, 0.5) is 15.9 Å². The minimum absolute atomic E-state index is 0.272. The number of halogens is 1. The number of para-hydroxylation sites is 2. The summed E-state index contributed by atoms with van der Waals surface area (Å²) in [5, 5.41) is 7.90. The SMILES string of the molecule is COc1ccccc1Nc1cnc2ccc(-c3ccc(F)cc3)nn12. The maximum atomic E-state index is 13.1. The third kappa shape index (κ3) is 2.89. The topological polar surface area (TPSA) is 51.5 Å². The quantitative estimate of drug-likeness (QED) is 0.605. The highest BCUT2D eigenvalue weighted by atomic mass is 19.1. The molecule has 0 unspecified atom stereocenters. The Morgan fingerprint density at radius 2 is 1.80 bits per heavy atom. The van der Waals surface area contributed by atoms with E-state index in [1.54, 1.807) is 30.0 Å². The van der Waals surface area contributed by atoms with E-state index in [9.17, 15) is 4.39 Å². The summed E-state index contributed by atoms with van der Waals surface area (Å²) in [6.07, 6.45) is 1.71. The van der Waals surface area contributed by atoms with Gasteiger partial charge in [-0.05, 0) is 48.5 Å². The minimum Gasteiger partial charge on any atom is -0.495 e. The third-order valence-corrected chi connectivity index (χ3v) is 3.87. The third-order valence-electron chi connectivity index (χ3n) is 3.87. The molecule has 0 spiro atoms. The number of nitrogens with zero attached hydrogens (tertiary/aromatic N) is 3. The van der Waals surface area contributed by atoms with Crippen molar-refractivity contribution < 1.29 is 9.13 Å². The maximum absolute atomic E-state index is 13.1. The van der Waals surface area contributed by atoms with Crippen molar-refractivity contribution in [2.45, 2.75) is 0 Å². The fourth-order valence-electron chi connectivity index (χ4n) is 2.62. The van der Waals surface area contributed by atoms with Gasteiger partial charge in [0, 0.05) is 5.56 Å². The molecular weight excluding hydrogens is 319 g/mol. The summed E-state index contributed by atoms with van der Waals surface area (Å²) in [4.78, 5) is 4.36. The van der Waals surface area contributed by atoms with E-state index in [-0.39, 0.29) is 5.82 Å². The number of ether oxygens (including phenoxy) is 1. The van der Waals surface area contributed by atoms with Gasteiger partial charge in [-0.15, -0.1) is 0 Å². The Bertz CT molecular complexity index is 1030. The second-order valence-corrected chi connectivity index (χ2v) is 5.46. The molecule has 0 atom stereocenters. The number of rotatable bonds is 4. The Morgan fingerprint density at radius 3 is 2.60 bits per heavy atom. The van der Waals surface area contributed by atoms with Crippen LogP contribution < -0.4 is 10.1 Å². The van der Waals surface area contributed by atoms with Crippen molar-refractivity contribution in [3.63, 3.8) is 0 Å². The predicted octanol–water partition coefficient (Wildman–Crippen LogP) is 4.29. The van der Waals surface area contributed by atoms with Crippen LogP contribution in [0.1, 0.15) is 0 Å². The van der Waals surface area contributed by atoms with Crippen LogP contribution in [0.5, 0.6) is 5.75 Å². The Kier molecular flexibility index (Phi) is 3.78. The van der Waals surface area contributed by atoms with Crippen LogP contribution in [-0.4, -0.2) is 21.7 Å². The van der Waals surface area contributed by atoms with E-state index < -0.39 is 0 Å². The van der Waals surface area contributed by atoms with E-state index >= 15 is 0 Å². The molecule has 0 saturated heterocycles. The van der Waals surface area contributed by atoms with Gasteiger partial charge in [0.2, 0.25) is 0 Å². The van der Waals surface area contributed by atoms with Gasteiger partial charge in [0.25, 0.3) is 0 Å². The first kappa shape index (κ1) is 15.1. The molecule has 2 aromatic carbocycles. The molecule has 0 amide bonds. The molecule has 2 heterocycles. The lowest BCUT2D eigenvalue weighted by molar-refractivity contribution is 0.417. The summed E-state index contributed by atoms with van der Waals surface area (Å²) in [5.74, 6) is 1.17. The zero-order valence-electron chi connectivity index (χ0n) is 13.5. The van der Waals surface area contributed by atoms with Crippen LogP contribution in [0.15, 0.2) is 66.9 Å². The number of hydrogen-bond donors (Lipinski definition) is 1. The first-order valence-corrected chi connectivity index (χ1v) is 7.75. The number of methoxy groups -OCH3 is 1. The minimum atomic E-state index is -0.272. The summed E-state index contributed by atoms with van der Waals surface area (Å²) in [5.41, 5.74) is 3.10. The molecule has 0 aliphatic rings. The molecule has 5 nitrogen and oxygen atoms in total. The van der Waals surface area contributed by atoms with Crippen LogP contribution in [0.2, 0.25) is 0 Å². The number of imidazole rings is 1. The summed E-state index contributed by atoms with van der Waals surface area (Å²) in [7, 11) is 1.62. The van der Waals surface area contributed by atoms with Crippen LogP contribution >= 0.6 is 0 Å². The lowest BCUT2D eigenvalue weighted by Crippen LogP contribution is -2.01. The second kappa shape index (κ2) is 6.24. The van der Waals surface area contributed by atoms with E-state index in [1.807, 2.05) is 36.4 Å². The van der Waals surface area contributed by atoms with Crippen molar-refractivity contribution >= 4 is 17.2 Å². The van der Waals surface area contributed by atoms with Gasteiger partial charge in [-0.25, -0.2) is 9.37 Å². The van der Waals surface area contributed by atoms with Crippen molar-refractivity contribution in [3.8, 4) is 17.0 Å². The predicted molar refractivity (Wildman–Crippen MR) is 94.7 cm³/mol. The number of aromatic nitrogens is 3. The average Bonchev–Trinajstić information content (AvgIpc) is 3.05. The van der Waals surface area contributed by atoms with Gasteiger partial charge in [0.1, 0.15) is 11.6 Å². The van der Waals surface area contributed by atoms with Crippen LogP contribution in [-0.2, 0) is 0 Å². The zero-order valence-corrected chi connectivity index (χ0v) is 13.5. The highest BCUT2D eigenvalue weighted by Gasteiger charge is 2.09. The molecule has 2 aromatic heterocycles. The zero-order chi connectivity index (χ0) is 17.2. The molecule has 0 saturated carbocycles. The van der Waals surface area contributed by atoms with Crippen molar-refractivity contribution in [3.05, 3.63) is 72.7 Å². The lowest BCUT2D eigenvalue weighted by Gasteiger charge is -2.10. The Labute approximate surface area is 143 Å². The molecule has 6 heteroatoms.